The second kappa shape index (κ2) is 15.1. The summed E-state index contributed by atoms with van der Waals surface area (Å²) < 4.78 is 11.0. The van der Waals surface area contributed by atoms with Crippen LogP contribution in [0.5, 0.6) is 11.5 Å². The molecule has 0 amide bonds. The summed E-state index contributed by atoms with van der Waals surface area (Å²) in [5.41, 5.74) is 8.02. The zero-order valence-electron chi connectivity index (χ0n) is 27.0. The maximum Gasteiger partial charge on any atom is 0.306 e. The molecular weight excluding hydrogens is 540 g/mol. The van der Waals surface area contributed by atoms with Gasteiger partial charge in [0.2, 0.25) is 0 Å². The summed E-state index contributed by atoms with van der Waals surface area (Å²) in [5, 5.41) is 21.9. The normalized spacial score (nSPS) is 17.0. The summed E-state index contributed by atoms with van der Waals surface area (Å²) in [6, 6.07) is 4.21. The van der Waals surface area contributed by atoms with Gasteiger partial charge >= 0.3 is 11.9 Å². The van der Waals surface area contributed by atoms with E-state index in [9.17, 15) is 19.8 Å². The minimum Gasteiger partial charge on any atom is -0.507 e. The summed E-state index contributed by atoms with van der Waals surface area (Å²) in [6.45, 7) is 9.71. The lowest BCUT2D eigenvalue weighted by Crippen LogP contribution is -2.23. The molecule has 0 radical (unpaired) electrons. The second-order valence-electron chi connectivity index (χ2n) is 13.1. The Morgan fingerprint density at radius 1 is 0.721 bits per heavy atom. The van der Waals surface area contributed by atoms with E-state index in [0.717, 1.165) is 70.2 Å². The molecule has 0 bridgehead atoms. The molecule has 0 heterocycles. The lowest BCUT2D eigenvalue weighted by molar-refractivity contribution is -0.157. The van der Waals surface area contributed by atoms with Crippen molar-refractivity contribution in [1.29, 1.82) is 0 Å². The summed E-state index contributed by atoms with van der Waals surface area (Å²) in [5.74, 6) is 0.890. The van der Waals surface area contributed by atoms with Crippen LogP contribution in [0.25, 0.3) is 0 Å². The first kappa shape index (κ1) is 32.9. The van der Waals surface area contributed by atoms with Crippen molar-refractivity contribution in [3.63, 3.8) is 0 Å². The van der Waals surface area contributed by atoms with E-state index in [1.54, 1.807) is 6.92 Å². The van der Waals surface area contributed by atoms with E-state index in [1.807, 2.05) is 13.8 Å². The number of carbonyl (C=O) groups excluding carboxylic acids is 2. The summed E-state index contributed by atoms with van der Waals surface area (Å²) in [4.78, 5) is 25.1. The summed E-state index contributed by atoms with van der Waals surface area (Å²) in [6.07, 6.45) is 12.7. The lowest BCUT2D eigenvalue weighted by atomic mass is 9.81. The van der Waals surface area contributed by atoms with Gasteiger partial charge in [0, 0.05) is 12.8 Å². The number of hydrogen-bond acceptors (Lipinski definition) is 6. The zero-order chi connectivity index (χ0) is 31.1. The molecule has 2 N–H and O–H groups in total. The first-order valence-electron chi connectivity index (χ1n) is 16.6. The number of benzene rings is 2. The van der Waals surface area contributed by atoms with Crippen molar-refractivity contribution in [3.8, 4) is 11.5 Å². The quantitative estimate of drug-likeness (QED) is 0.254. The van der Waals surface area contributed by atoms with Crippen molar-refractivity contribution in [2.24, 2.45) is 0 Å². The Morgan fingerprint density at radius 3 is 1.58 bits per heavy atom. The van der Waals surface area contributed by atoms with Gasteiger partial charge in [-0.3, -0.25) is 9.59 Å². The van der Waals surface area contributed by atoms with Crippen LogP contribution in [0.3, 0.4) is 0 Å². The van der Waals surface area contributed by atoms with Crippen LogP contribution in [0, 0.1) is 27.7 Å². The third kappa shape index (κ3) is 8.33. The van der Waals surface area contributed by atoms with Gasteiger partial charge in [-0.15, -0.1) is 0 Å². The molecular formula is C37H52O6. The second-order valence-corrected chi connectivity index (χ2v) is 13.1. The maximum atomic E-state index is 12.6. The number of carbonyl (C=O) groups is 2. The van der Waals surface area contributed by atoms with Crippen molar-refractivity contribution in [1.82, 2.24) is 0 Å². The first-order chi connectivity index (χ1) is 20.6. The molecule has 2 aromatic rings. The standard InChI is InChI=1S/C37H52O6/c1-23-20-32(28-12-8-6-9-13-28)36(40)26(4)30(23)16-18-34(38)42-22-25(3)43-35(39)19-17-31-24(2)21-33(37(41)27(31)5)29-14-10-7-11-15-29/h20-21,25,28-29,40-41H,6-19,22H2,1-5H3. The van der Waals surface area contributed by atoms with Crippen LogP contribution in [0.2, 0.25) is 0 Å². The molecule has 236 valence electrons. The highest BCUT2D eigenvalue weighted by Crippen LogP contribution is 2.42. The Morgan fingerprint density at radius 2 is 1.14 bits per heavy atom. The molecule has 43 heavy (non-hydrogen) atoms. The highest BCUT2D eigenvalue weighted by molar-refractivity contribution is 5.71. The maximum absolute atomic E-state index is 12.6. The molecule has 2 saturated carbocycles. The summed E-state index contributed by atoms with van der Waals surface area (Å²) in [7, 11) is 0. The topological polar surface area (TPSA) is 93.1 Å². The number of phenolic OH excluding ortho intramolecular Hbond substituents is 2. The number of esters is 2. The molecule has 0 saturated heterocycles. The van der Waals surface area contributed by atoms with Crippen molar-refractivity contribution in [3.05, 3.63) is 56.6 Å². The van der Waals surface area contributed by atoms with Gasteiger partial charge in [0.15, 0.2) is 0 Å². The van der Waals surface area contributed by atoms with Gasteiger partial charge in [0.1, 0.15) is 24.2 Å². The van der Waals surface area contributed by atoms with E-state index in [4.69, 9.17) is 9.47 Å². The van der Waals surface area contributed by atoms with Crippen molar-refractivity contribution in [2.45, 2.75) is 142 Å². The molecule has 2 fully saturated rings. The third-order valence-corrected chi connectivity index (χ3v) is 9.92. The van der Waals surface area contributed by atoms with Crippen LogP contribution in [0.15, 0.2) is 12.1 Å². The highest BCUT2D eigenvalue weighted by atomic mass is 16.6. The van der Waals surface area contributed by atoms with E-state index in [-0.39, 0.29) is 31.4 Å². The minimum atomic E-state index is -0.553. The molecule has 2 aromatic carbocycles. The molecule has 6 heteroatoms. The number of phenols is 2. The molecule has 4 rings (SSSR count). The molecule has 1 unspecified atom stereocenters. The Balaban J connectivity index is 1.22. The van der Waals surface area contributed by atoms with Gasteiger partial charge < -0.3 is 19.7 Å². The van der Waals surface area contributed by atoms with Crippen LogP contribution >= 0.6 is 0 Å². The predicted octanol–water partition coefficient (Wildman–Crippen LogP) is 8.47. The van der Waals surface area contributed by atoms with E-state index in [2.05, 4.69) is 26.0 Å². The molecule has 0 aromatic heterocycles. The van der Waals surface area contributed by atoms with Crippen LogP contribution in [0.1, 0.15) is 140 Å². The van der Waals surface area contributed by atoms with Crippen LogP contribution in [-0.4, -0.2) is 34.9 Å². The average Bonchev–Trinajstić information content (AvgIpc) is 3.00. The average molecular weight is 593 g/mol. The van der Waals surface area contributed by atoms with Crippen LogP contribution < -0.4 is 0 Å². The fraction of sp³-hybridized carbons (Fsp3) is 0.622. The largest absolute Gasteiger partial charge is 0.507 e. The monoisotopic (exact) mass is 592 g/mol. The number of ether oxygens (including phenoxy) is 2. The van der Waals surface area contributed by atoms with E-state index < -0.39 is 6.10 Å². The molecule has 2 aliphatic carbocycles. The van der Waals surface area contributed by atoms with Gasteiger partial charge in [-0.1, -0.05) is 50.7 Å². The first-order valence-corrected chi connectivity index (χ1v) is 16.6. The SMILES string of the molecule is Cc1cc(C2CCCCC2)c(O)c(C)c1CCC(=O)OCC(C)OC(=O)CCc1c(C)cc(C2CCCCC2)c(O)c1C. The van der Waals surface area contributed by atoms with E-state index >= 15 is 0 Å². The third-order valence-electron chi connectivity index (χ3n) is 9.92. The minimum absolute atomic E-state index is 0.00331. The highest BCUT2D eigenvalue weighted by Gasteiger charge is 2.24. The fourth-order valence-corrected chi connectivity index (χ4v) is 7.36. The van der Waals surface area contributed by atoms with Gasteiger partial charge in [-0.2, -0.15) is 0 Å². The van der Waals surface area contributed by atoms with Crippen LogP contribution in [-0.2, 0) is 31.9 Å². The van der Waals surface area contributed by atoms with Crippen molar-refractivity contribution < 1.29 is 29.3 Å². The lowest BCUT2D eigenvalue weighted by Gasteiger charge is -2.25. The number of hydrogen-bond donors (Lipinski definition) is 2. The predicted molar refractivity (Wildman–Crippen MR) is 170 cm³/mol. The number of aromatic hydroxyl groups is 2. The Bertz CT molecular complexity index is 1280. The molecule has 6 nitrogen and oxygen atoms in total. The van der Waals surface area contributed by atoms with E-state index in [1.165, 1.54) is 38.5 Å². The fourth-order valence-electron chi connectivity index (χ4n) is 7.36. The zero-order valence-corrected chi connectivity index (χ0v) is 27.0. The molecule has 0 aliphatic heterocycles. The smallest absolute Gasteiger partial charge is 0.306 e. The Kier molecular flexibility index (Phi) is 11.6. The van der Waals surface area contributed by atoms with Gasteiger partial charge in [0.25, 0.3) is 0 Å². The van der Waals surface area contributed by atoms with Gasteiger partial charge in [-0.05, 0) is 129 Å². The van der Waals surface area contributed by atoms with Crippen molar-refractivity contribution in [2.75, 3.05) is 6.61 Å². The Labute approximate surface area is 258 Å². The molecule has 2 aliphatic rings. The summed E-state index contributed by atoms with van der Waals surface area (Å²) >= 11 is 0. The Hall–Kier alpha value is -3.02. The van der Waals surface area contributed by atoms with Gasteiger partial charge in [-0.25, -0.2) is 0 Å². The molecule has 0 spiro atoms. The number of aryl methyl sites for hydroxylation is 2. The van der Waals surface area contributed by atoms with Crippen molar-refractivity contribution >= 4 is 11.9 Å². The molecule has 1 atom stereocenters. The van der Waals surface area contributed by atoms with Gasteiger partial charge in [0.05, 0.1) is 0 Å². The van der Waals surface area contributed by atoms with E-state index in [0.29, 0.717) is 36.2 Å². The van der Waals surface area contributed by atoms with Crippen LogP contribution in [0.4, 0.5) is 0 Å². The number of rotatable bonds is 11.